The van der Waals surface area contributed by atoms with Crippen LogP contribution >= 0.6 is 11.6 Å². The van der Waals surface area contributed by atoms with Gasteiger partial charge in [-0.2, -0.15) is 14.9 Å². The molecule has 0 bridgehead atoms. The Morgan fingerprint density at radius 3 is 2.64 bits per heavy atom. The Labute approximate surface area is 246 Å². The molecule has 0 radical (unpaired) electrons. The number of aromatic nitrogens is 2. The summed E-state index contributed by atoms with van der Waals surface area (Å²) in [5.41, 5.74) is 7.53. The van der Waals surface area contributed by atoms with Gasteiger partial charge in [-0.15, -0.1) is 5.53 Å². The van der Waals surface area contributed by atoms with Gasteiger partial charge in [0.05, 0.1) is 39.6 Å². The molecule has 1 saturated carbocycles. The molecular weight excluding hydrogens is 567 g/mol. The molecule has 0 spiro atoms. The third-order valence-electron chi connectivity index (χ3n) is 7.61. The molecule has 1 atom stereocenters. The van der Waals surface area contributed by atoms with Gasteiger partial charge in [0.1, 0.15) is 11.6 Å². The fraction of sp³-hybridized carbons (Fsp3) is 0.379. The van der Waals surface area contributed by atoms with Crippen molar-refractivity contribution in [2.24, 2.45) is 5.41 Å². The molecule has 1 aromatic carbocycles. The van der Waals surface area contributed by atoms with Crippen LogP contribution in [0.4, 0.5) is 24.5 Å². The summed E-state index contributed by atoms with van der Waals surface area (Å²) in [5, 5.41) is 28.0. The van der Waals surface area contributed by atoms with E-state index in [4.69, 9.17) is 11.6 Å². The molecule has 2 aromatic heterocycles. The molecule has 0 saturated heterocycles. The highest BCUT2D eigenvalue weighted by Crippen LogP contribution is 2.47. The number of fused-ring (bicyclic) bond motifs is 1. The number of pyridine rings is 2. The van der Waals surface area contributed by atoms with Gasteiger partial charge in [-0.25, -0.2) is 13.8 Å². The Bertz CT molecular complexity index is 1640. The highest BCUT2D eigenvalue weighted by Gasteiger charge is 2.56. The molecular formula is C29H29ClF3N9. The van der Waals surface area contributed by atoms with Crippen LogP contribution in [0.5, 0.6) is 0 Å². The van der Waals surface area contributed by atoms with Crippen LogP contribution < -0.4 is 21.6 Å². The molecule has 2 aliphatic rings. The highest BCUT2D eigenvalue weighted by molar-refractivity contribution is 6.35. The van der Waals surface area contributed by atoms with Crippen molar-refractivity contribution in [1.82, 2.24) is 25.9 Å². The van der Waals surface area contributed by atoms with Gasteiger partial charge in [-0.05, 0) is 43.4 Å². The smallest absolute Gasteiger partial charge is 0.262 e. The van der Waals surface area contributed by atoms with Gasteiger partial charge >= 0.3 is 0 Å². The zero-order chi connectivity index (χ0) is 30.2. The van der Waals surface area contributed by atoms with E-state index >= 15 is 0 Å². The van der Waals surface area contributed by atoms with Crippen LogP contribution in [0.15, 0.2) is 42.4 Å². The van der Waals surface area contributed by atoms with Crippen molar-refractivity contribution in [2.75, 3.05) is 17.2 Å². The van der Waals surface area contributed by atoms with E-state index in [1.165, 1.54) is 17.3 Å². The molecule has 1 aliphatic carbocycles. The second kappa shape index (κ2) is 11.2. The van der Waals surface area contributed by atoms with Crippen molar-refractivity contribution in [3.8, 4) is 12.1 Å². The number of nitrogens with zero attached hydrogens (tertiary/aromatic N) is 5. The third-order valence-corrected chi connectivity index (χ3v) is 7.90. The SMILES string of the molecule is Cc1nc(F)ccc1[C@H](Nc1cc(Cl)c2ncc(C#N)c(NCC(C)(C)CC#N)c2c1)C1=CN(C2(C(F)F)CC2)NN1. The largest absolute Gasteiger partial charge is 0.383 e. The molecule has 0 amide bonds. The summed E-state index contributed by atoms with van der Waals surface area (Å²) in [4.78, 5) is 8.36. The highest BCUT2D eigenvalue weighted by atomic mass is 35.5. The van der Waals surface area contributed by atoms with Crippen molar-refractivity contribution in [3.05, 3.63) is 70.2 Å². The van der Waals surface area contributed by atoms with E-state index in [2.05, 4.69) is 43.7 Å². The minimum absolute atomic E-state index is 0.306. The first-order valence-corrected chi connectivity index (χ1v) is 13.7. The molecule has 4 N–H and O–H groups in total. The number of hydrogen-bond acceptors (Lipinski definition) is 9. The summed E-state index contributed by atoms with van der Waals surface area (Å²) >= 11 is 6.68. The lowest BCUT2D eigenvalue weighted by molar-refractivity contribution is 0.00911. The average molecular weight is 596 g/mol. The van der Waals surface area contributed by atoms with Crippen molar-refractivity contribution in [2.45, 2.75) is 58.0 Å². The first-order valence-electron chi connectivity index (χ1n) is 13.3. The monoisotopic (exact) mass is 595 g/mol. The van der Waals surface area contributed by atoms with E-state index in [1.807, 2.05) is 13.8 Å². The summed E-state index contributed by atoms with van der Waals surface area (Å²) in [6.45, 7) is 5.97. The predicted octanol–water partition coefficient (Wildman–Crippen LogP) is 6.07. The number of nitrogens with one attached hydrogen (secondary N) is 4. The molecule has 5 rings (SSSR count). The molecule has 3 aromatic rings. The summed E-state index contributed by atoms with van der Waals surface area (Å²) in [6.07, 6.45) is 1.48. The van der Waals surface area contributed by atoms with Gasteiger partial charge in [0.2, 0.25) is 5.95 Å². The van der Waals surface area contributed by atoms with E-state index in [-0.39, 0.29) is 5.41 Å². The first kappa shape index (κ1) is 29.2. The number of anilines is 2. The number of hydrogen-bond donors (Lipinski definition) is 4. The van der Waals surface area contributed by atoms with Crippen LogP contribution in [0.25, 0.3) is 10.9 Å². The lowest BCUT2D eigenvalue weighted by atomic mass is 9.90. The molecule has 9 nitrogen and oxygen atoms in total. The summed E-state index contributed by atoms with van der Waals surface area (Å²) in [5.74, 6) is -0.642. The fourth-order valence-electron chi connectivity index (χ4n) is 4.97. The molecule has 1 fully saturated rings. The van der Waals surface area contributed by atoms with Gasteiger partial charge in [-0.1, -0.05) is 31.5 Å². The van der Waals surface area contributed by atoms with Gasteiger partial charge in [0.25, 0.3) is 6.43 Å². The summed E-state index contributed by atoms with van der Waals surface area (Å²) in [7, 11) is 0. The van der Waals surface area contributed by atoms with E-state index in [9.17, 15) is 23.7 Å². The number of alkyl halides is 2. The quantitative estimate of drug-likeness (QED) is 0.207. The Kier molecular flexibility index (Phi) is 7.80. The maximum atomic E-state index is 13.9. The van der Waals surface area contributed by atoms with Crippen molar-refractivity contribution in [3.63, 3.8) is 0 Å². The number of nitriles is 2. The molecule has 13 heteroatoms. The minimum Gasteiger partial charge on any atom is -0.383 e. The molecule has 3 heterocycles. The van der Waals surface area contributed by atoms with E-state index in [0.717, 1.165) is 0 Å². The minimum atomic E-state index is -2.55. The zero-order valence-corrected chi connectivity index (χ0v) is 24.0. The van der Waals surface area contributed by atoms with Crippen LogP contribution in [-0.2, 0) is 0 Å². The maximum absolute atomic E-state index is 13.9. The van der Waals surface area contributed by atoms with Crippen LogP contribution in [0.1, 0.15) is 56.0 Å². The number of benzene rings is 1. The second-order valence-corrected chi connectivity index (χ2v) is 11.8. The van der Waals surface area contributed by atoms with Gasteiger partial charge in [0, 0.05) is 47.7 Å². The molecule has 218 valence electrons. The maximum Gasteiger partial charge on any atom is 0.262 e. The van der Waals surface area contributed by atoms with Crippen molar-refractivity contribution >= 4 is 33.9 Å². The number of halogens is 4. The van der Waals surface area contributed by atoms with E-state index in [0.29, 0.717) is 75.6 Å². The summed E-state index contributed by atoms with van der Waals surface area (Å²) in [6, 6.07) is 9.96. The van der Waals surface area contributed by atoms with Crippen molar-refractivity contribution < 1.29 is 13.2 Å². The predicted molar refractivity (Wildman–Crippen MR) is 153 cm³/mol. The van der Waals surface area contributed by atoms with E-state index < -0.39 is 24.0 Å². The van der Waals surface area contributed by atoms with Crippen LogP contribution in [0, 0.1) is 40.9 Å². The topological polar surface area (TPSA) is 125 Å². The van der Waals surface area contributed by atoms with Gasteiger partial charge < -0.3 is 16.1 Å². The fourth-order valence-corrected chi connectivity index (χ4v) is 5.23. The average Bonchev–Trinajstić information content (AvgIpc) is 3.61. The third kappa shape index (κ3) is 5.60. The summed E-state index contributed by atoms with van der Waals surface area (Å²) < 4.78 is 41.6. The Hall–Kier alpha value is -4.26. The molecule has 0 unspecified atom stereocenters. The van der Waals surface area contributed by atoms with Crippen LogP contribution in [0.2, 0.25) is 5.02 Å². The zero-order valence-electron chi connectivity index (χ0n) is 23.2. The Balaban J connectivity index is 1.56. The van der Waals surface area contributed by atoms with E-state index in [1.54, 1.807) is 31.3 Å². The number of hydrazine groups is 2. The second-order valence-electron chi connectivity index (χ2n) is 11.3. The normalized spacial score (nSPS) is 16.4. The Morgan fingerprint density at radius 2 is 2.00 bits per heavy atom. The van der Waals surface area contributed by atoms with Gasteiger partial charge in [0.15, 0.2) is 0 Å². The number of rotatable bonds is 10. The lowest BCUT2D eigenvalue weighted by Gasteiger charge is -2.25. The molecule has 1 aliphatic heterocycles. The standard InChI is InChI=1S/C29H29ClF3N9/c1-16-19(4-5-23(31)38-16)26(22-14-42(41-40-22)29(6-7-29)27(32)33)39-18-10-20-24(37-15-28(2,3)8-9-34)17(12-35)13-36-25(20)21(30)11-18/h4-5,10-11,13-14,26-27,39-41H,6-8,15H2,1-3H3,(H,36,37)/t26-/m0/s1. The van der Waals surface area contributed by atoms with Crippen LogP contribution in [0.3, 0.4) is 0 Å². The van der Waals surface area contributed by atoms with Crippen molar-refractivity contribution in [1.29, 1.82) is 10.5 Å². The Morgan fingerprint density at radius 1 is 1.24 bits per heavy atom. The number of aryl methyl sites for hydroxylation is 1. The molecule has 42 heavy (non-hydrogen) atoms. The lowest BCUT2D eigenvalue weighted by Crippen LogP contribution is -2.48. The van der Waals surface area contributed by atoms with Gasteiger partial charge in [-0.3, -0.25) is 9.99 Å². The first-order chi connectivity index (χ1) is 20.0. The van der Waals surface area contributed by atoms with Crippen LogP contribution in [-0.4, -0.2) is 33.5 Å².